The molecule has 1 amide bonds. The first-order valence-electron chi connectivity index (χ1n) is 7.46. The highest BCUT2D eigenvalue weighted by Gasteiger charge is 2.31. The molecule has 0 heterocycles. The second-order valence-corrected chi connectivity index (χ2v) is 5.17. The van der Waals surface area contributed by atoms with E-state index in [-0.39, 0.29) is 5.56 Å². The average molecular weight is 343 g/mol. The number of hydroxylamine groups is 2. The van der Waals surface area contributed by atoms with Crippen LogP contribution in [-0.2, 0) is 14.4 Å². The van der Waals surface area contributed by atoms with Crippen molar-refractivity contribution < 1.29 is 29.4 Å². The van der Waals surface area contributed by atoms with E-state index in [9.17, 15) is 14.4 Å². The molecule has 2 aromatic carbocycles. The number of hydrogen-bond donors (Lipinski definition) is 2. The van der Waals surface area contributed by atoms with E-state index in [2.05, 4.69) is 0 Å². The van der Waals surface area contributed by atoms with Crippen LogP contribution in [-0.4, -0.2) is 45.8 Å². The summed E-state index contributed by atoms with van der Waals surface area (Å²) in [5.74, 6) is -3.19. The zero-order valence-corrected chi connectivity index (χ0v) is 13.5. The van der Waals surface area contributed by atoms with Crippen molar-refractivity contribution in [1.82, 2.24) is 5.06 Å². The van der Waals surface area contributed by atoms with Crippen LogP contribution >= 0.6 is 0 Å². The van der Waals surface area contributed by atoms with Gasteiger partial charge in [0.1, 0.15) is 0 Å². The first-order valence-corrected chi connectivity index (χ1v) is 7.46. The maximum absolute atomic E-state index is 12.5. The summed E-state index contributed by atoms with van der Waals surface area (Å²) in [5, 5.41) is 18.6. The fraction of sp³-hybridized carbons (Fsp3) is 0.167. The van der Waals surface area contributed by atoms with Crippen molar-refractivity contribution in [3.05, 3.63) is 60.2 Å². The molecule has 0 radical (unpaired) electrons. The second-order valence-electron chi connectivity index (χ2n) is 5.17. The molecule has 0 aliphatic rings. The van der Waals surface area contributed by atoms with Crippen LogP contribution in [0.25, 0.3) is 11.1 Å². The zero-order valence-electron chi connectivity index (χ0n) is 13.5. The third-order valence-electron chi connectivity index (χ3n) is 3.46. The van der Waals surface area contributed by atoms with Gasteiger partial charge in [-0.3, -0.25) is 4.79 Å². The van der Waals surface area contributed by atoms with Crippen LogP contribution in [0.3, 0.4) is 0 Å². The van der Waals surface area contributed by atoms with Crippen LogP contribution in [0.4, 0.5) is 0 Å². The Morgan fingerprint density at radius 1 is 1.04 bits per heavy atom. The lowest BCUT2D eigenvalue weighted by Crippen LogP contribution is -2.47. The Morgan fingerprint density at radius 2 is 1.64 bits per heavy atom. The molecule has 2 N–H and O–H groups in total. The highest BCUT2D eigenvalue weighted by Crippen LogP contribution is 2.24. The predicted octanol–water partition coefficient (Wildman–Crippen LogP) is 1.72. The molecule has 1 atom stereocenters. The van der Waals surface area contributed by atoms with Crippen LogP contribution in [0.5, 0.6) is 0 Å². The first kappa shape index (κ1) is 18.2. The van der Waals surface area contributed by atoms with Crippen LogP contribution in [0.15, 0.2) is 54.6 Å². The summed E-state index contributed by atoms with van der Waals surface area (Å²) in [7, 11) is 0. The lowest BCUT2D eigenvalue weighted by atomic mass is 10.00. The molecule has 0 saturated heterocycles. The number of carbonyl (C=O) groups excluding carboxylic acids is 2. The van der Waals surface area contributed by atoms with Crippen LogP contribution < -0.4 is 0 Å². The van der Waals surface area contributed by atoms with E-state index in [0.29, 0.717) is 10.6 Å². The van der Waals surface area contributed by atoms with Gasteiger partial charge < -0.3 is 15.1 Å². The van der Waals surface area contributed by atoms with Gasteiger partial charge in [0.25, 0.3) is 5.91 Å². The minimum atomic E-state index is -1.68. The monoisotopic (exact) mass is 343 g/mol. The topological polar surface area (TPSA) is 104 Å². The normalized spacial score (nSPS) is 11.4. The average Bonchev–Trinajstić information content (AvgIpc) is 2.61. The number of carboxylic acid groups (broad SMARTS) is 1. The number of nitrogens with zero attached hydrogens (tertiary/aromatic N) is 1. The molecule has 0 saturated carbocycles. The minimum Gasteiger partial charge on any atom is -0.480 e. The van der Waals surface area contributed by atoms with Gasteiger partial charge in [-0.25, -0.2) is 9.59 Å². The highest BCUT2D eigenvalue weighted by atomic mass is 16.7. The third kappa shape index (κ3) is 4.21. The van der Waals surface area contributed by atoms with E-state index in [4.69, 9.17) is 15.1 Å². The molecule has 0 unspecified atom stereocenters. The molecular formula is C18H17NO6. The number of aliphatic carboxylic acids is 1. The molecular weight excluding hydrogens is 326 g/mol. The lowest BCUT2D eigenvalue weighted by molar-refractivity contribution is -0.188. The van der Waals surface area contributed by atoms with Crippen molar-refractivity contribution in [3.8, 4) is 11.1 Å². The van der Waals surface area contributed by atoms with Gasteiger partial charge in [0, 0.05) is 6.92 Å². The first-order chi connectivity index (χ1) is 12.0. The molecule has 7 nitrogen and oxygen atoms in total. The van der Waals surface area contributed by atoms with Crippen molar-refractivity contribution in [3.63, 3.8) is 0 Å². The van der Waals surface area contributed by atoms with Gasteiger partial charge in [0.05, 0.1) is 12.2 Å². The summed E-state index contributed by atoms with van der Waals surface area (Å²) in [5.41, 5.74) is 1.51. The van der Waals surface area contributed by atoms with Crippen LogP contribution in [0.2, 0.25) is 0 Å². The van der Waals surface area contributed by atoms with E-state index in [1.54, 1.807) is 18.2 Å². The Bertz CT molecular complexity index is 774. The van der Waals surface area contributed by atoms with Crippen LogP contribution in [0.1, 0.15) is 17.3 Å². The van der Waals surface area contributed by atoms with Crippen molar-refractivity contribution in [2.45, 2.75) is 13.0 Å². The molecule has 0 aromatic heterocycles. The van der Waals surface area contributed by atoms with E-state index >= 15 is 0 Å². The molecule has 0 spiro atoms. The fourth-order valence-electron chi connectivity index (χ4n) is 2.27. The smallest absolute Gasteiger partial charge is 0.363 e. The molecule has 25 heavy (non-hydrogen) atoms. The van der Waals surface area contributed by atoms with Crippen LogP contribution in [0, 0.1) is 0 Å². The number of benzene rings is 2. The summed E-state index contributed by atoms with van der Waals surface area (Å²) < 4.78 is 0. The van der Waals surface area contributed by atoms with Gasteiger partial charge in [-0.15, -0.1) is 0 Å². The number of hydrogen-bond acceptors (Lipinski definition) is 5. The SMILES string of the molecule is CC(=O)N(OC(=O)c1ccccc1-c1ccccc1)[C@@H](CO)C(=O)O. The number of aliphatic hydroxyl groups excluding tert-OH is 1. The number of carbonyl (C=O) groups is 3. The summed E-state index contributed by atoms with van der Waals surface area (Å²) in [4.78, 5) is 40.3. The molecule has 0 aliphatic heterocycles. The number of amides is 1. The van der Waals surface area contributed by atoms with E-state index in [1.165, 1.54) is 6.07 Å². The Hall–Kier alpha value is -3.19. The summed E-state index contributed by atoms with van der Waals surface area (Å²) in [6.07, 6.45) is 0. The Balaban J connectivity index is 2.35. The van der Waals surface area contributed by atoms with Gasteiger partial charge in [0.2, 0.25) is 0 Å². The number of rotatable bonds is 5. The van der Waals surface area contributed by atoms with Gasteiger partial charge >= 0.3 is 11.9 Å². The summed E-state index contributed by atoms with van der Waals surface area (Å²) in [6.45, 7) is 0.157. The van der Waals surface area contributed by atoms with Gasteiger partial charge in [-0.05, 0) is 17.2 Å². The van der Waals surface area contributed by atoms with E-state index in [0.717, 1.165) is 12.5 Å². The maximum atomic E-state index is 12.5. The molecule has 0 aliphatic carbocycles. The molecule has 2 rings (SSSR count). The van der Waals surface area contributed by atoms with Crippen molar-refractivity contribution in [2.75, 3.05) is 6.61 Å². The Labute approximate surface area is 144 Å². The lowest BCUT2D eigenvalue weighted by Gasteiger charge is -2.24. The van der Waals surface area contributed by atoms with Gasteiger partial charge in [-0.2, -0.15) is 5.06 Å². The molecule has 0 bridgehead atoms. The Kier molecular flexibility index (Phi) is 5.86. The van der Waals surface area contributed by atoms with Crippen molar-refractivity contribution >= 4 is 17.8 Å². The quantitative estimate of drug-likeness (QED) is 0.801. The van der Waals surface area contributed by atoms with E-state index in [1.807, 2.05) is 30.3 Å². The third-order valence-corrected chi connectivity index (χ3v) is 3.46. The number of aliphatic hydroxyl groups is 1. The van der Waals surface area contributed by atoms with Gasteiger partial charge in [-0.1, -0.05) is 48.5 Å². The standard InChI is InChI=1S/C18H17NO6/c1-12(21)19(16(11-20)17(22)23)25-18(24)15-10-6-5-9-14(15)13-7-3-2-4-8-13/h2-10,16,20H,11H2,1H3,(H,22,23)/t16-/m0/s1. The summed E-state index contributed by atoms with van der Waals surface area (Å²) >= 11 is 0. The van der Waals surface area contributed by atoms with E-state index < -0.39 is 30.5 Å². The largest absolute Gasteiger partial charge is 0.480 e. The minimum absolute atomic E-state index is 0.169. The van der Waals surface area contributed by atoms with Crippen molar-refractivity contribution in [2.24, 2.45) is 0 Å². The highest BCUT2D eigenvalue weighted by molar-refractivity contribution is 5.98. The van der Waals surface area contributed by atoms with Crippen molar-refractivity contribution in [1.29, 1.82) is 0 Å². The number of carboxylic acids is 1. The fourth-order valence-corrected chi connectivity index (χ4v) is 2.27. The second kappa shape index (κ2) is 8.07. The molecule has 130 valence electrons. The summed E-state index contributed by atoms with van der Waals surface area (Å²) in [6, 6.07) is 14.0. The molecule has 2 aromatic rings. The zero-order chi connectivity index (χ0) is 18.4. The van der Waals surface area contributed by atoms with Gasteiger partial charge in [0.15, 0.2) is 6.04 Å². The molecule has 7 heteroatoms. The molecule has 0 fully saturated rings. The predicted molar refractivity (Wildman–Crippen MR) is 88.3 cm³/mol. The maximum Gasteiger partial charge on any atom is 0.363 e. The Morgan fingerprint density at radius 3 is 2.20 bits per heavy atom.